The molecule has 0 amide bonds. The lowest BCUT2D eigenvalue weighted by molar-refractivity contribution is 0.448. The quantitative estimate of drug-likeness (QED) is 0.828. The van der Waals surface area contributed by atoms with Crippen LogP contribution in [0.25, 0.3) is 0 Å². The fourth-order valence-electron chi connectivity index (χ4n) is 3.79. The maximum Gasteiger partial charge on any atom is 0.332 e. The first kappa shape index (κ1) is 15.2. The van der Waals surface area contributed by atoms with Crippen LogP contribution in [0.4, 0.5) is 5.82 Å². The summed E-state index contributed by atoms with van der Waals surface area (Å²) in [6.07, 6.45) is 5.91. The number of rotatable bonds is 3. The van der Waals surface area contributed by atoms with Crippen LogP contribution in [0.15, 0.2) is 28.0 Å². The van der Waals surface area contributed by atoms with E-state index >= 15 is 0 Å². The maximum atomic E-state index is 12.1. The molecular weight excluding hydrogens is 308 g/mol. The maximum absolute atomic E-state index is 12.1. The lowest BCUT2D eigenvalue weighted by atomic mass is 10.2. The van der Waals surface area contributed by atoms with Crippen molar-refractivity contribution in [3.05, 3.63) is 45.1 Å². The van der Waals surface area contributed by atoms with Gasteiger partial charge in [-0.15, -0.1) is 0 Å². The van der Waals surface area contributed by atoms with Crippen LogP contribution in [0.5, 0.6) is 0 Å². The summed E-state index contributed by atoms with van der Waals surface area (Å²) in [5.74, 6) is 1.80. The van der Waals surface area contributed by atoms with Crippen LogP contribution in [-0.2, 0) is 20.6 Å². The second-order valence-corrected chi connectivity index (χ2v) is 6.66. The van der Waals surface area contributed by atoms with Gasteiger partial charge in [-0.1, -0.05) is 0 Å². The van der Waals surface area contributed by atoms with Gasteiger partial charge < -0.3 is 14.8 Å². The molecule has 2 aromatic rings. The second-order valence-electron chi connectivity index (χ2n) is 6.66. The molecule has 2 aliphatic rings. The van der Waals surface area contributed by atoms with Crippen molar-refractivity contribution in [2.24, 2.45) is 14.1 Å². The van der Waals surface area contributed by atoms with Gasteiger partial charge in [0.2, 0.25) is 0 Å². The minimum atomic E-state index is -0.285. The third-order valence-electron chi connectivity index (χ3n) is 5.17. The highest BCUT2D eigenvalue weighted by Crippen LogP contribution is 2.26. The molecule has 8 nitrogen and oxygen atoms in total. The van der Waals surface area contributed by atoms with E-state index in [-0.39, 0.29) is 17.3 Å². The van der Waals surface area contributed by atoms with Gasteiger partial charge in [0, 0.05) is 58.2 Å². The molecule has 0 aromatic carbocycles. The van der Waals surface area contributed by atoms with Gasteiger partial charge in [-0.2, -0.15) is 0 Å². The predicted molar refractivity (Wildman–Crippen MR) is 90.3 cm³/mol. The minimum Gasteiger partial charge on any atom is -0.356 e. The average Bonchev–Trinajstić information content (AvgIpc) is 3.27. The molecule has 8 heteroatoms. The Kier molecular flexibility index (Phi) is 3.56. The van der Waals surface area contributed by atoms with E-state index in [0.717, 1.165) is 42.9 Å². The molecule has 4 rings (SSSR count). The third-order valence-corrected chi connectivity index (χ3v) is 5.17. The first-order valence-corrected chi connectivity index (χ1v) is 8.33. The Morgan fingerprint density at radius 1 is 1.17 bits per heavy atom. The molecule has 2 aliphatic heterocycles. The molecule has 0 spiro atoms. The van der Waals surface area contributed by atoms with Crippen LogP contribution in [0.3, 0.4) is 0 Å². The Balaban J connectivity index is 1.50. The summed E-state index contributed by atoms with van der Waals surface area (Å²) in [6, 6.07) is 2.17. The number of aromatic nitrogens is 4. The summed E-state index contributed by atoms with van der Waals surface area (Å²) < 4.78 is 4.87. The first-order chi connectivity index (χ1) is 11.5. The van der Waals surface area contributed by atoms with E-state index in [4.69, 9.17) is 0 Å². The van der Waals surface area contributed by atoms with Crippen LogP contribution in [0.1, 0.15) is 24.7 Å². The van der Waals surface area contributed by atoms with Gasteiger partial charge in [-0.25, -0.2) is 9.78 Å². The van der Waals surface area contributed by atoms with Crippen LogP contribution in [0, 0.1) is 0 Å². The highest BCUT2D eigenvalue weighted by atomic mass is 16.2. The molecule has 4 heterocycles. The standard InChI is InChI=1S/C16H22N6O2/c1-19-13(9-14(23)20(2)16(19)24)22-6-3-11(10-22)18-12-4-7-21-8-5-17-15(12)21/h5,8-9,11-12,18H,3-4,6-7,10H2,1-2H3/t11-,12?/m1/s1. The minimum absolute atomic E-state index is 0.262. The van der Waals surface area contributed by atoms with Crippen LogP contribution < -0.4 is 21.5 Å². The van der Waals surface area contributed by atoms with Crippen molar-refractivity contribution in [3.63, 3.8) is 0 Å². The molecule has 0 bridgehead atoms. The fourth-order valence-corrected chi connectivity index (χ4v) is 3.79. The van der Waals surface area contributed by atoms with Crippen LogP contribution in [0.2, 0.25) is 0 Å². The van der Waals surface area contributed by atoms with Crippen molar-refractivity contribution in [2.45, 2.75) is 31.5 Å². The average molecular weight is 330 g/mol. The Labute approximate surface area is 139 Å². The fraction of sp³-hybridized carbons (Fsp3) is 0.562. The lowest BCUT2D eigenvalue weighted by Crippen LogP contribution is -2.41. The second kappa shape index (κ2) is 5.62. The van der Waals surface area contributed by atoms with Gasteiger partial charge in [0.1, 0.15) is 11.6 Å². The topological polar surface area (TPSA) is 77.1 Å². The van der Waals surface area contributed by atoms with E-state index in [0.29, 0.717) is 11.9 Å². The normalized spacial score (nSPS) is 23.0. The van der Waals surface area contributed by atoms with Crippen molar-refractivity contribution < 1.29 is 0 Å². The monoisotopic (exact) mass is 330 g/mol. The lowest BCUT2D eigenvalue weighted by Gasteiger charge is -2.22. The number of nitrogens with zero attached hydrogens (tertiary/aromatic N) is 5. The first-order valence-electron chi connectivity index (χ1n) is 8.33. The highest BCUT2D eigenvalue weighted by Gasteiger charge is 2.30. The van der Waals surface area contributed by atoms with Crippen molar-refractivity contribution in [3.8, 4) is 0 Å². The van der Waals surface area contributed by atoms with Crippen molar-refractivity contribution >= 4 is 5.82 Å². The molecule has 2 atom stereocenters. The predicted octanol–water partition coefficient (Wildman–Crippen LogP) is -0.406. The van der Waals surface area contributed by atoms with E-state index in [1.165, 1.54) is 7.05 Å². The van der Waals surface area contributed by atoms with Crippen molar-refractivity contribution in [1.29, 1.82) is 0 Å². The van der Waals surface area contributed by atoms with E-state index in [1.54, 1.807) is 17.7 Å². The van der Waals surface area contributed by atoms with Gasteiger partial charge in [0.05, 0.1) is 6.04 Å². The SMILES string of the molecule is Cn1c(N2CC[C@@H](NC3CCn4ccnc43)C2)cc(=O)n(C)c1=O. The Hall–Kier alpha value is -2.35. The molecule has 1 unspecified atom stereocenters. The molecule has 0 radical (unpaired) electrons. The molecular formula is C16H22N6O2. The number of imidazole rings is 1. The Bertz CT molecular complexity index is 879. The number of hydrogen-bond acceptors (Lipinski definition) is 5. The van der Waals surface area contributed by atoms with Gasteiger partial charge in [0.15, 0.2) is 0 Å². The molecule has 2 aromatic heterocycles. The van der Waals surface area contributed by atoms with Crippen LogP contribution in [-0.4, -0.2) is 37.8 Å². The summed E-state index contributed by atoms with van der Waals surface area (Å²) in [4.78, 5) is 30.6. The molecule has 1 saturated heterocycles. The number of aryl methyl sites for hydroxylation is 1. The largest absolute Gasteiger partial charge is 0.356 e. The summed E-state index contributed by atoms with van der Waals surface area (Å²) in [6.45, 7) is 2.63. The molecule has 24 heavy (non-hydrogen) atoms. The zero-order valence-electron chi connectivity index (χ0n) is 14.0. The number of hydrogen-bond donors (Lipinski definition) is 1. The van der Waals surface area contributed by atoms with Gasteiger partial charge in [-0.3, -0.25) is 13.9 Å². The number of nitrogens with one attached hydrogen (secondary N) is 1. The van der Waals surface area contributed by atoms with Gasteiger partial charge in [-0.05, 0) is 12.8 Å². The molecule has 0 aliphatic carbocycles. The van der Waals surface area contributed by atoms with Crippen molar-refractivity contribution in [1.82, 2.24) is 24.0 Å². The smallest absolute Gasteiger partial charge is 0.332 e. The molecule has 1 fully saturated rings. The zero-order chi connectivity index (χ0) is 16.8. The summed E-state index contributed by atoms with van der Waals surface area (Å²) in [5.41, 5.74) is -0.547. The van der Waals surface area contributed by atoms with Gasteiger partial charge >= 0.3 is 5.69 Å². The van der Waals surface area contributed by atoms with E-state index in [2.05, 4.69) is 19.8 Å². The zero-order valence-corrected chi connectivity index (χ0v) is 14.0. The van der Waals surface area contributed by atoms with E-state index < -0.39 is 0 Å². The van der Waals surface area contributed by atoms with Gasteiger partial charge in [0.25, 0.3) is 5.56 Å². The molecule has 128 valence electrons. The summed E-state index contributed by atoms with van der Waals surface area (Å²) >= 11 is 0. The number of fused-ring (bicyclic) bond motifs is 1. The molecule has 1 N–H and O–H groups in total. The van der Waals surface area contributed by atoms with Crippen molar-refractivity contribution in [2.75, 3.05) is 18.0 Å². The van der Waals surface area contributed by atoms with E-state index in [9.17, 15) is 9.59 Å². The molecule has 0 saturated carbocycles. The van der Waals surface area contributed by atoms with Crippen LogP contribution >= 0.6 is 0 Å². The number of anilines is 1. The Morgan fingerprint density at radius 3 is 2.83 bits per heavy atom. The third kappa shape index (κ3) is 2.37. The van der Waals surface area contributed by atoms with E-state index in [1.807, 2.05) is 12.4 Å². The Morgan fingerprint density at radius 2 is 2.00 bits per heavy atom. The summed E-state index contributed by atoms with van der Waals surface area (Å²) in [7, 11) is 3.22. The highest BCUT2D eigenvalue weighted by molar-refractivity contribution is 5.40. The summed E-state index contributed by atoms with van der Waals surface area (Å²) in [5, 5.41) is 3.68.